The van der Waals surface area contributed by atoms with Gasteiger partial charge in [-0.1, -0.05) is 12.1 Å². The first kappa shape index (κ1) is 20.8. The number of hydrogen-bond acceptors (Lipinski definition) is 7. The Morgan fingerprint density at radius 1 is 0.778 bits per heavy atom. The molecule has 0 saturated heterocycles. The number of rotatable bonds is 9. The maximum Gasteiger partial charge on any atom is 0.161 e. The maximum absolute atomic E-state index is 10.7. The summed E-state index contributed by atoms with van der Waals surface area (Å²) in [7, 11) is 4.51. The molecule has 0 bridgehead atoms. The molecule has 0 radical (unpaired) electrons. The molecule has 148 valence electrons. The van der Waals surface area contributed by atoms with Crippen LogP contribution in [0.5, 0.6) is 23.0 Å². The van der Waals surface area contributed by atoms with Gasteiger partial charge in [0.1, 0.15) is 6.10 Å². The Balaban J connectivity index is 2.26. The molecular formula is C20H26O7. The molecule has 0 fully saturated rings. The van der Waals surface area contributed by atoms with Gasteiger partial charge in [-0.15, -0.1) is 0 Å². The van der Waals surface area contributed by atoms with Crippen molar-refractivity contribution in [1.82, 2.24) is 0 Å². The highest BCUT2D eigenvalue weighted by atomic mass is 16.5. The molecule has 2 rings (SSSR count). The number of benzene rings is 2. The van der Waals surface area contributed by atoms with Gasteiger partial charge in [0.2, 0.25) is 0 Å². The lowest BCUT2D eigenvalue weighted by atomic mass is 10.0. The zero-order valence-corrected chi connectivity index (χ0v) is 15.9. The Morgan fingerprint density at radius 2 is 1.30 bits per heavy atom. The van der Waals surface area contributed by atoms with E-state index < -0.39 is 24.9 Å². The molecule has 27 heavy (non-hydrogen) atoms. The van der Waals surface area contributed by atoms with E-state index in [-0.39, 0.29) is 0 Å². The summed E-state index contributed by atoms with van der Waals surface area (Å²) in [5.74, 6) is 1.74. The zero-order valence-electron chi connectivity index (χ0n) is 15.9. The molecule has 0 aliphatic rings. The third kappa shape index (κ3) is 4.82. The smallest absolute Gasteiger partial charge is 0.161 e. The van der Waals surface area contributed by atoms with Gasteiger partial charge >= 0.3 is 0 Å². The molecular weight excluding hydrogens is 352 g/mol. The van der Waals surface area contributed by atoms with E-state index in [0.29, 0.717) is 34.1 Å². The van der Waals surface area contributed by atoms with Crippen molar-refractivity contribution in [3.05, 3.63) is 47.5 Å². The molecule has 3 atom stereocenters. The summed E-state index contributed by atoms with van der Waals surface area (Å²) in [6.07, 6.45) is -2.70. The lowest BCUT2D eigenvalue weighted by Crippen LogP contribution is -2.29. The van der Waals surface area contributed by atoms with E-state index in [1.165, 1.54) is 21.3 Å². The second kappa shape index (κ2) is 9.45. The van der Waals surface area contributed by atoms with Gasteiger partial charge in [0.25, 0.3) is 0 Å². The van der Waals surface area contributed by atoms with E-state index in [1.54, 1.807) is 43.3 Å². The van der Waals surface area contributed by atoms with Crippen LogP contribution in [-0.4, -0.2) is 49.4 Å². The fraction of sp³-hybridized carbons (Fsp3) is 0.400. The molecule has 0 saturated carbocycles. The summed E-state index contributed by atoms with van der Waals surface area (Å²) >= 11 is 0. The Kier molecular flexibility index (Phi) is 7.29. The minimum absolute atomic E-state index is 0.348. The molecule has 7 nitrogen and oxygen atoms in total. The number of ether oxygens (including phenoxy) is 4. The first-order chi connectivity index (χ1) is 12.9. The molecule has 0 aliphatic heterocycles. The Labute approximate surface area is 158 Å². The summed E-state index contributed by atoms with van der Waals surface area (Å²) in [5, 5.41) is 30.1. The quantitative estimate of drug-likeness (QED) is 0.616. The summed E-state index contributed by atoms with van der Waals surface area (Å²) in [6.45, 7) is 1.23. The van der Waals surface area contributed by atoms with Gasteiger partial charge in [0, 0.05) is 0 Å². The van der Waals surface area contributed by atoms with Crippen LogP contribution < -0.4 is 18.9 Å². The molecule has 0 heterocycles. The van der Waals surface area contributed by atoms with Crippen LogP contribution in [0.4, 0.5) is 0 Å². The Bertz CT molecular complexity index is 745. The van der Waals surface area contributed by atoms with Crippen molar-refractivity contribution in [1.29, 1.82) is 0 Å². The minimum atomic E-state index is -1.11. The lowest BCUT2D eigenvalue weighted by Gasteiger charge is -2.24. The van der Waals surface area contributed by atoms with E-state index in [2.05, 4.69) is 0 Å². The monoisotopic (exact) mass is 378 g/mol. The van der Waals surface area contributed by atoms with E-state index in [1.807, 2.05) is 0 Å². The van der Waals surface area contributed by atoms with Crippen LogP contribution in [0.25, 0.3) is 0 Å². The van der Waals surface area contributed by atoms with E-state index in [4.69, 9.17) is 18.9 Å². The van der Waals surface area contributed by atoms with Gasteiger partial charge in [-0.05, 0) is 42.3 Å². The molecule has 0 amide bonds. The molecule has 1 unspecified atom stereocenters. The molecule has 0 spiro atoms. The van der Waals surface area contributed by atoms with Crippen LogP contribution in [0.15, 0.2) is 36.4 Å². The molecule has 7 heteroatoms. The topological polar surface area (TPSA) is 97.6 Å². The van der Waals surface area contributed by atoms with Crippen LogP contribution in [-0.2, 0) is 0 Å². The molecule has 2 aromatic rings. The second-order valence-corrected chi connectivity index (χ2v) is 5.98. The normalized spacial score (nSPS) is 14.2. The van der Waals surface area contributed by atoms with E-state index in [0.717, 1.165) is 0 Å². The predicted octanol–water partition coefficient (Wildman–Crippen LogP) is 2.24. The second-order valence-electron chi connectivity index (χ2n) is 5.98. The fourth-order valence-corrected chi connectivity index (χ4v) is 2.66. The van der Waals surface area contributed by atoms with E-state index >= 15 is 0 Å². The van der Waals surface area contributed by atoms with Crippen molar-refractivity contribution in [2.75, 3.05) is 27.9 Å². The summed E-state index contributed by atoms with van der Waals surface area (Å²) in [4.78, 5) is 0. The number of hydrogen-bond donors (Lipinski definition) is 3. The highest BCUT2D eigenvalue weighted by Crippen LogP contribution is 2.35. The van der Waals surface area contributed by atoms with Gasteiger partial charge in [0.15, 0.2) is 29.1 Å². The number of methoxy groups -OCH3 is 3. The predicted molar refractivity (Wildman–Crippen MR) is 99.6 cm³/mol. The minimum Gasteiger partial charge on any atom is -0.493 e. The number of aliphatic hydroxyl groups excluding tert-OH is 3. The van der Waals surface area contributed by atoms with Crippen LogP contribution in [0.2, 0.25) is 0 Å². The molecule has 3 N–H and O–H groups in total. The van der Waals surface area contributed by atoms with Gasteiger partial charge < -0.3 is 34.3 Å². The van der Waals surface area contributed by atoms with Crippen molar-refractivity contribution in [3.63, 3.8) is 0 Å². The van der Waals surface area contributed by atoms with Crippen LogP contribution in [0.3, 0.4) is 0 Å². The third-order valence-electron chi connectivity index (χ3n) is 4.23. The SMILES string of the molecule is COc1ccc([C@@H](O)[C@@H](CO)Oc2ccc(C(C)O)cc2OC)cc1OC. The van der Waals surface area contributed by atoms with Crippen molar-refractivity contribution >= 4 is 0 Å². The average molecular weight is 378 g/mol. The highest BCUT2D eigenvalue weighted by molar-refractivity contribution is 5.45. The first-order valence-corrected chi connectivity index (χ1v) is 8.48. The van der Waals surface area contributed by atoms with Crippen molar-refractivity contribution in [3.8, 4) is 23.0 Å². The standard InChI is InChI=1S/C20H26O7/c1-12(22)13-5-8-16(18(9-13)26-4)27-19(11-21)20(23)14-6-7-15(24-2)17(10-14)25-3/h5-10,12,19-23H,11H2,1-4H3/t12?,19-,20-/m1/s1. The fourth-order valence-electron chi connectivity index (χ4n) is 2.66. The third-order valence-corrected chi connectivity index (χ3v) is 4.23. The molecule has 0 aromatic heterocycles. The first-order valence-electron chi connectivity index (χ1n) is 8.48. The van der Waals surface area contributed by atoms with E-state index in [9.17, 15) is 15.3 Å². The van der Waals surface area contributed by atoms with Gasteiger partial charge in [-0.3, -0.25) is 0 Å². The van der Waals surface area contributed by atoms with Crippen molar-refractivity contribution < 1.29 is 34.3 Å². The molecule has 0 aliphatic carbocycles. The Morgan fingerprint density at radius 3 is 1.85 bits per heavy atom. The van der Waals surface area contributed by atoms with Gasteiger partial charge in [0.05, 0.1) is 34.0 Å². The zero-order chi connectivity index (χ0) is 20.0. The van der Waals surface area contributed by atoms with Gasteiger partial charge in [-0.2, -0.15) is 0 Å². The number of aliphatic hydroxyl groups is 3. The highest BCUT2D eigenvalue weighted by Gasteiger charge is 2.25. The van der Waals surface area contributed by atoms with Gasteiger partial charge in [-0.25, -0.2) is 0 Å². The Hall–Kier alpha value is -2.48. The summed E-state index contributed by atoms with van der Waals surface area (Å²) in [5.41, 5.74) is 1.17. The van der Waals surface area contributed by atoms with Crippen molar-refractivity contribution in [2.24, 2.45) is 0 Å². The largest absolute Gasteiger partial charge is 0.493 e. The molecule has 2 aromatic carbocycles. The lowest BCUT2D eigenvalue weighted by molar-refractivity contribution is -0.000557. The van der Waals surface area contributed by atoms with Crippen molar-refractivity contribution in [2.45, 2.75) is 25.2 Å². The summed E-state index contributed by atoms with van der Waals surface area (Å²) in [6, 6.07) is 9.95. The maximum atomic E-state index is 10.7. The van der Waals surface area contributed by atoms with Crippen LogP contribution >= 0.6 is 0 Å². The van der Waals surface area contributed by atoms with Crippen LogP contribution in [0, 0.1) is 0 Å². The van der Waals surface area contributed by atoms with Crippen LogP contribution in [0.1, 0.15) is 30.3 Å². The summed E-state index contributed by atoms with van der Waals surface area (Å²) < 4.78 is 21.5. The average Bonchev–Trinajstić information content (AvgIpc) is 2.70.